The Balaban J connectivity index is 0.000000437. The third-order valence-electron chi connectivity index (χ3n) is 2.24. The second-order valence-electron chi connectivity index (χ2n) is 3.46. The van der Waals surface area contributed by atoms with Crippen molar-refractivity contribution >= 4 is 5.78 Å². The molecular formula is C14H23NO2. The monoisotopic (exact) mass is 237 g/mol. The Morgan fingerprint density at radius 2 is 1.65 bits per heavy atom. The summed E-state index contributed by atoms with van der Waals surface area (Å²) in [6.07, 6.45) is 0.558. The lowest BCUT2D eigenvalue weighted by atomic mass is 10.1. The number of benzene rings is 1. The number of hydrogen-bond donors (Lipinski definition) is 1. The molecule has 3 nitrogen and oxygen atoms in total. The Kier molecular flexibility index (Phi) is 9.30. The van der Waals surface area contributed by atoms with Crippen LogP contribution in [0.5, 0.6) is 0 Å². The lowest BCUT2D eigenvalue weighted by Gasteiger charge is -1.99. The predicted molar refractivity (Wildman–Crippen MR) is 71.1 cm³/mol. The molecule has 0 saturated carbocycles. The SMILES string of the molecule is CCC(=O)c1ccc(CN)cc1.CCOCC. The standard InChI is InChI=1S/C10H13NO.C4H10O/c1-2-10(12)9-5-3-8(7-11)4-6-9;1-3-5-4-2/h3-6H,2,7,11H2,1H3;3-4H2,1-2H3. The van der Waals surface area contributed by atoms with E-state index in [1.807, 2.05) is 45.0 Å². The lowest BCUT2D eigenvalue weighted by Crippen LogP contribution is -1.99. The maximum absolute atomic E-state index is 11.2. The number of Topliss-reactive ketones (excluding diaryl/α,β-unsaturated/α-hetero) is 1. The minimum absolute atomic E-state index is 0.179. The molecular weight excluding hydrogens is 214 g/mol. The van der Waals surface area contributed by atoms with Crippen LogP contribution < -0.4 is 5.73 Å². The van der Waals surface area contributed by atoms with Crippen molar-refractivity contribution in [1.29, 1.82) is 0 Å². The summed E-state index contributed by atoms with van der Waals surface area (Å²) < 4.78 is 4.83. The van der Waals surface area contributed by atoms with Crippen LogP contribution in [0.25, 0.3) is 0 Å². The summed E-state index contributed by atoms with van der Waals surface area (Å²) in [6, 6.07) is 7.44. The second kappa shape index (κ2) is 10.00. The number of ether oxygens (including phenoxy) is 1. The molecule has 0 aliphatic rings. The minimum Gasteiger partial charge on any atom is -0.382 e. The van der Waals surface area contributed by atoms with Crippen LogP contribution in [0, 0.1) is 0 Å². The molecule has 17 heavy (non-hydrogen) atoms. The van der Waals surface area contributed by atoms with Gasteiger partial charge in [-0.3, -0.25) is 4.79 Å². The smallest absolute Gasteiger partial charge is 0.162 e. The van der Waals surface area contributed by atoms with Gasteiger partial charge in [-0.2, -0.15) is 0 Å². The summed E-state index contributed by atoms with van der Waals surface area (Å²) in [5.41, 5.74) is 7.25. The molecule has 0 aliphatic heterocycles. The van der Waals surface area contributed by atoms with E-state index in [0.29, 0.717) is 13.0 Å². The van der Waals surface area contributed by atoms with Crippen molar-refractivity contribution in [2.24, 2.45) is 5.73 Å². The molecule has 1 aromatic carbocycles. The van der Waals surface area contributed by atoms with E-state index in [0.717, 1.165) is 24.3 Å². The van der Waals surface area contributed by atoms with Crippen LogP contribution in [0.1, 0.15) is 43.1 Å². The minimum atomic E-state index is 0.179. The quantitative estimate of drug-likeness (QED) is 0.801. The van der Waals surface area contributed by atoms with Gasteiger partial charge in [0.15, 0.2) is 5.78 Å². The maximum Gasteiger partial charge on any atom is 0.162 e. The Hall–Kier alpha value is -1.19. The van der Waals surface area contributed by atoms with Gasteiger partial charge in [0, 0.05) is 31.7 Å². The largest absolute Gasteiger partial charge is 0.382 e. The van der Waals surface area contributed by atoms with E-state index >= 15 is 0 Å². The number of rotatable bonds is 5. The van der Waals surface area contributed by atoms with E-state index in [2.05, 4.69) is 0 Å². The van der Waals surface area contributed by atoms with Gasteiger partial charge in [0.2, 0.25) is 0 Å². The van der Waals surface area contributed by atoms with E-state index < -0.39 is 0 Å². The normalized spacial score (nSPS) is 9.41. The molecule has 0 aromatic heterocycles. The van der Waals surface area contributed by atoms with E-state index in [1.165, 1.54) is 0 Å². The highest BCUT2D eigenvalue weighted by Crippen LogP contribution is 2.05. The highest BCUT2D eigenvalue weighted by molar-refractivity contribution is 5.95. The zero-order chi connectivity index (χ0) is 13.1. The van der Waals surface area contributed by atoms with E-state index in [1.54, 1.807) is 0 Å². The summed E-state index contributed by atoms with van der Waals surface area (Å²) in [5, 5.41) is 0. The van der Waals surface area contributed by atoms with E-state index in [4.69, 9.17) is 10.5 Å². The van der Waals surface area contributed by atoms with Gasteiger partial charge in [-0.05, 0) is 19.4 Å². The van der Waals surface area contributed by atoms with Crippen LogP contribution in [-0.2, 0) is 11.3 Å². The Morgan fingerprint density at radius 1 is 1.12 bits per heavy atom. The fourth-order valence-corrected chi connectivity index (χ4v) is 1.23. The van der Waals surface area contributed by atoms with Crippen LogP contribution in [0.3, 0.4) is 0 Å². The van der Waals surface area contributed by atoms with Gasteiger partial charge in [0.1, 0.15) is 0 Å². The number of carbonyl (C=O) groups excluding carboxylic acids is 1. The first-order valence-corrected chi connectivity index (χ1v) is 6.09. The highest BCUT2D eigenvalue weighted by Gasteiger charge is 2.00. The summed E-state index contributed by atoms with van der Waals surface area (Å²) in [5.74, 6) is 0.179. The number of ketones is 1. The molecule has 0 saturated heterocycles. The molecule has 0 heterocycles. The van der Waals surface area contributed by atoms with Crippen molar-refractivity contribution in [3.8, 4) is 0 Å². The lowest BCUT2D eigenvalue weighted by molar-refractivity contribution is 0.0988. The molecule has 1 rings (SSSR count). The van der Waals surface area contributed by atoms with Crippen molar-refractivity contribution in [2.75, 3.05) is 13.2 Å². The third-order valence-corrected chi connectivity index (χ3v) is 2.24. The first kappa shape index (κ1) is 15.8. The summed E-state index contributed by atoms with van der Waals surface area (Å²) >= 11 is 0. The predicted octanol–water partition coefficient (Wildman–Crippen LogP) is 2.78. The zero-order valence-electron chi connectivity index (χ0n) is 11.0. The zero-order valence-corrected chi connectivity index (χ0v) is 11.0. The van der Waals surface area contributed by atoms with Crippen molar-refractivity contribution < 1.29 is 9.53 Å². The molecule has 0 fully saturated rings. The van der Waals surface area contributed by atoms with Gasteiger partial charge in [-0.15, -0.1) is 0 Å². The Bertz CT molecular complexity index is 305. The topological polar surface area (TPSA) is 52.3 Å². The van der Waals surface area contributed by atoms with Crippen LogP contribution in [-0.4, -0.2) is 19.0 Å². The maximum atomic E-state index is 11.2. The van der Waals surface area contributed by atoms with Gasteiger partial charge in [0.05, 0.1) is 0 Å². The highest BCUT2D eigenvalue weighted by atomic mass is 16.5. The molecule has 0 aliphatic carbocycles. The van der Waals surface area contributed by atoms with Crippen molar-refractivity contribution in [1.82, 2.24) is 0 Å². The summed E-state index contributed by atoms with van der Waals surface area (Å²) in [4.78, 5) is 11.2. The number of carbonyl (C=O) groups is 1. The van der Waals surface area contributed by atoms with Crippen molar-refractivity contribution in [3.05, 3.63) is 35.4 Å². The first-order chi connectivity index (χ1) is 8.19. The van der Waals surface area contributed by atoms with Gasteiger partial charge >= 0.3 is 0 Å². The van der Waals surface area contributed by atoms with Gasteiger partial charge in [-0.25, -0.2) is 0 Å². The molecule has 3 heteroatoms. The molecule has 0 unspecified atom stereocenters. The van der Waals surface area contributed by atoms with Crippen LogP contribution >= 0.6 is 0 Å². The van der Waals surface area contributed by atoms with Gasteiger partial charge < -0.3 is 10.5 Å². The fourth-order valence-electron chi connectivity index (χ4n) is 1.23. The average molecular weight is 237 g/mol. The molecule has 0 spiro atoms. The molecule has 96 valence electrons. The Labute approximate surface area is 104 Å². The van der Waals surface area contributed by atoms with Crippen molar-refractivity contribution in [3.63, 3.8) is 0 Å². The number of hydrogen-bond acceptors (Lipinski definition) is 3. The van der Waals surface area contributed by atoms with Crippen LogP contribution in [0.4, 0.5) is 0 Å². The Morgan fingerprint density at radius 3 is 1.94 bits per heavy atom. The van der Waals surface area contributed by atoms with Crippen LogP contribution in [0.15, 0.2) is 24.3 Å². The summed E-state index contributed by atoms with van der Waals surface area (Å²) in [6.45, 7) is 8.06. The van der Waals surface area contributed by atoms with E-state index in [-0.39, 0.29) is 5.78 Å². The van der Waals surface area contributed by atoms with Crippen molar-refractivity contribution in [2.45, 2.75) is 33.7 Å². The third kappa shape index (κ3) is 6.87. The molecule has 0 bridgehead atoms. The number of nitrogens with two attached hydrogens (primary N) is 1. The second-order valence-corrected chi connectivity index (χ2v) is 3.46. The van der Waals surface area contributed by atoms with Crippen LogP contribution in [0.2, 0.25) is 0 Å². The first-order valence-electron chi connectivity index (χ1n) is 6.09. The molecule has 1 aromatic rings. The van der Waals surface area contributed by atoms with E-state index in [9.17, 15) is 4.79 Å². The molecule has 2 N–H and O–H groups in total. The molecule has 0 amide bonds. The average Bonchev–Trinajstić information content (AvgIpc) is 2.39. The molecule has 0 atom stereocenters. The summed E-state index contributed by atoms with van der Waals surface area (Å²) in [7, 11) is 0. The van der Waals surface area contributed by atoms with Gasteiger partial charge in [0.25, 0.3) is 0 Å². The fraction of sp³-hybridized carbons (Fsp3) is 0.500. The molecule has 0 radical (unpaired) electrons. The van der Waals surface area contributed by atoms with Gasteiger partial charge in [-0.1, -0.05) is 31.2 Å².